The Balaban J connectivity index is 1.90. The average Bonchev–Trinajstić information content (AvgIpc) is 2.98. The Labute approximate surface area is 134 Å². The number of carbonyl (C=O) groups excluding carboxylic acids is 1. The maximum atomic E-state index is 12.4. The van der Waals surface area contributed by atoms with Crippen LogP contribution in [0.5, 0.6) is 0 Å². The molecule has 3 heterocycles. The van der Waals surface area contributed by atoms with Crippen LogP contribution in [0.1, 0.15) is 23.0 Å². The lowest BCUT2D eigenvalue weighted by molar-refractivity contribution is 0.102. The van der Waals surface area contributed by atoms with Gasteiger partial charge in [0, 0.05) is 37.7 Å². The van der Waals surface area contributed by atoms with E-state index in [0.29, 0.717) is 18.8 Å². The Morgan fingerprint density at radius 1 is 1.39 bits per heavy atom. The zero-order valence-electron chi connectivity index (χ0n) is 12.9. The van der Waals surface area contributed by atoms with Crippen molar-refractivity contribution in [3.05, 3.63) is 35.8 Å². The van der Waals surface area contributed by atoms with Crippen LogP contribution in [-0.4, -0.2) is 47.0 Å². The fourth-order valence-corrected chi connectivity index (χ4v) is 3.71. The third-order valence-corrected chi connectivity index (χ3v) is 5.67. The molecule has 1 amide bonds. The number of aromatic nitrogens is 3. The predicted octanol–water partition coefficient (Wildman–Crippen LogP) is 0.727. The van der Waals surface area contributed by atoms with Gasteiger partial charge in [-0.25, -0.2) is 8.42 Å². The number of carbonyl (C=O) groups is 1. The van der Waals surface area contributed by atoms with E-state index in [1.165, 1.54) is 22.1 Å². The second-order valence-electron chi connectivity index (χ2n) is 5.26. The van der Waals surface area contributed by atoms with E-state index in [0.717, 1.165) is 12.0 Å². The number of anilines is 1. The lowest BCUT2D eigenvalue weighted by atomic mass is 10.2. The zero-order valence-corrected chi connectivity index (χ0v) is 13.7. The highest BCUT2D eigenvalue weighted by molar-refractivity contribution is 7.89. The average molecular weight is 335 g/mol. The first-order chi connectivity index (χ1) is 10.9. The number of rotatable bonds is 3. The standard InChI is InChI=1S/C14H17N5O3S/c1-3-10-9-15-5-4-11(10)16-14(20)12-8-13-19(17-12)7-6-18(2)23(13,21)22/h4-5,8-9H,3,6-7H2,1-2H3,(H,15,16,20). The lowest BCUT2D eigenvalue weighted by Gasteiger charge is -2.22. The van der Waals surface area contributed by atoms with Gasteiger partial charge in [0.1, 0.15) is 0 Å². The lowest BCUT2D eigenvalue weighted by Crippen LogP contribution is -2.37. The van der Waals surface area contributed by atoms with Crippen molar-refractivity contribution in [1.82, 2.24) is 19.1 Å². The quantitative estimate of drug-likeness (QED) is 0.892. The predicted molar refractivity (Wildman–Crippen MR) is 83.6 cm³/mol. The number of aryl methyl sites for hydroxylation is 1. The SMILES string of the molecule is CCc1cnccc1NC(=O)c1cc2n(n1)CCN(C)S2(=O)=O. The van der Waals surface area contributed by atoms with Gasteiger partial charge in [0.2, 0.25) is 0 Å². The third-order valence-electron chi connectivity index (χ3n) is 3.81. The molecule has 1 aliphatic rings. The highest BCUT2D eigenvalue weighted by atomic mass is 32.2. The summed E-state index contributed by atoms with van der Waals surface area (Å²) in [6, 6.07) is 3.02. The zero-order chi connectivity index (χ0) is 16.6. The summed E-state index contributed by atoms with van der Waals surface area (Å²) in [5, 5.41) is 6.92. The van der Waals surface area contributed by atoms with E-state index in [-0.39, 0.29) is 10.7 Å². The van der Waals surface area contributed by atoms with Crippen molar-refractivity contribution in [3.8, 4) is 0 Å². The summed E-state index contributed by atoms with van der Waals surface area (Å²) >= 11 is 0. The van der Waals surface area contributed by atoms with Crippen molar-refractivity contribution in [3.63, 3.8) is 0 Å². The molecule has 9 heteroatoms. The number of nitrogens with zero attached hydrogens (tertiary/aromatic N) is 4. The van der Waals surface area contributed by atoms with Crippen LogP contribution in [0.15, 0.2) is 29.6 Å². The molecular formula is C14H17N5O3S. The van der Waals surface area contributed by atoms with E-state index in [2.05, 4.69) is 15.4 Å². The molecule has 122 valence electrons. The molecule has 3 rings (SSSR count). The molecule has 0 spiro atoms. The molecule has 0 aromatic carbocycles. The van der Waals surface area contributed by atoms with Crippen LogP contribution in [0.3, 0.4) is 0 Å². The molecule has 1 N–H and O–H groups in total. The van der Waals surface area contributed by atoms with Gasteiger partial charge in [-0.3, -0.25) is 14.5 Å². The molecule has 0 unspecified atom stereocenters. The minimum Gasteiger partial charge on any atom is -0.320 e. The highest BCUT2D eigenvalue weighted by Crippen LogP contribution is 2.21. The van der Waals surface area contributed by atoms with Gasteiger partial charge in [0.15, 0.2) is 10.7 Å². The Hall–Kier alpha value is -2.26. The Kier molecular flexibility index (Phi) is 3.90. The Bertz CT molecular complexity index is 859. The molecule has 0 radical (unpaired) electrons. The topological polar surface area (TPSA) is 97.2 Å². The summed E-state index contributed by atoms with van der Waals surface area (Å²) in [5.74, 6) is -0.439. The van der Waals surface area contributed by atoms with Crippen molar-refractivity contribution in [2.24, 2.45) is 0 Å². The minimum absolute atomic E-state index is 0.0434. The maximum absolute atomic E-state index is 12.4. The van der Waals surface area contributed by atoms with Crippen molar-refractivity contribution < 1.29 is 13.2 Å². The van der Waals surface area contributed by atoms with E-state index in [1.807, 2.05) is 6.92 Å². The summed E-state index contributed by atoms with van der Waals surface area (Å²) < 4.78 is 27.1. The van der Waals surface area contributed by atoms with Crippen LogP contribution in [0.2, 0.25) is 0 Å². The van der Waals surface area contributed by atoms with E-state index in [1.54, 1.807) is 18.5 Å². The van der Waals surface area contributed by atoms with Gasteiger partial charge in [-0.05, 0) is 18.1 Å². The Morgan fingerprint density at radius 3 is 2.91 bits per heavy atom. The van der Waals surface area contributed by atoms with Crippen LogP contribution in [0.25, 0.3) is 0 Å². The number of pyridine rings is 1. The molecule has 0 saturated carbocycles. The number of amides is 1. The number of sulfonamides is 1. The second kappa shape index (κ2) is 5.74. The first-order valence-electron chi connectivity index (χ1n) is 7.22. The van der Waals surface area contributed by atoms with Gasteiger partial charge in [-0.2, -0.15) is 9.40 Å². The molecule has 8 nitrogen and oxygen atoms in total. The molecule has 0 atom stereocenters. The van der Waals surface area contributed by atoms with Crippen LogP contribution < -0.4 is 5.32 Å². The molecule has 2 aromatic heterocycles. The monoisotopic (exact) mass is 335 g/mol. The molecule has 0 fully saturated rings. The molecule has 1 aliphatic heterocycles. The van der Waals surface area contributed by atoms with Crippen molar-refractivity contribution in [1.29, 1.82) is 0 Å². The first kappa shape index (κ1) is 15.6. The highest BCUT2D eigenvalue weighted by Gasteiger charge is 2.31. The van der Waals surface area contributed by atoms with Crippen LogP contribution >= 0.6 is 0 Å². The van der Waals surface area contributed by atoms with E-state index in [9.17, 15) is 13.2 Å². The van der Waals surface area contributed by atoms with E-state index < -0.39 is 15.9 Å². The normalized spacial score (nSPS) is 16.8. The second-order valence-corrected chi connectivity index (χ2v) is 7.25. The molecule has 23 heavy (non-hydrogen) atoms. The van der Waals surface area contributed by atoms with Gasteiger partial charge >= 0.3 is 0 Å². The van der Waals surface area contributed by atoms with Crippen LogP contribution in [0, 0.1) is 0 Å². The smallest absolute Gasteiger partial charge is 0.276 e. The molecule has 0 aliphatic carbocycles. The van der Waals surface area contributed by atoms with E-state index in [4.69, 9.17) is 0 Å². The summed E-state index contributed by atoms with van der Waals surface area (Å²) in [5.41, 5.74) is 1.63. The fourth-order valence-electron chi connectivity index (χ4n) is 2.41. The molecule has 2 aromatic rings. The fraction of sp³-hybridized carbons (Fsp3) is 0.357. The number of hydrogen-bond donors (Lipinski definition) is 1. The van der Waals surface area contributed by atoms with Crippen molar-refractivity contribution in [2.45, 2.75) is 24.9 Å². The van der Waals surface area contributed by atoms with Gasteiger partial charge < -0.3 is 5.32 Å². The van der Waals surface area contributed by atoms with Gasteiger partial charge in [0.05, 0.1) is 6.54 Å². The number of fused-ring (bicyclic) bond motifs is 1. The maximum Gasteiger partial charge on any atom is 0.276 e. The van der Waals surface area contributed by atoms with Crippen molar-refractivity contribution >= 4 is 21.6 Å². The Morgan fingerprint density at radius 2 is 2.17 bits per heavy atom. The first-order valence-corrected chi connectivity index (χ1v) is 8.66. The summed E-state index contributed by atoms with van der Waals surface area (Å²) in [6.45, 7) is 2.72. The number of hydrogen-bond acceptors (Lipinski definition) is 5. The number of nitrogens with one attached hydrogen (secondary N) is 1. The molecule has 0 saturated heterocycles. The largest absolute Gasteiger partial charge is 0.320 e. The molecule has 0 bridgehead atoms. The van der Waals surface area contributed by atoms with Crippen LogP contribution in [0.4, 0.5) is 5.69 Å². The molecular weight excluding hydrogens is 318 g/mol. The van der Waals surface area contributed by atoms with Gasteiger partial charge in [0.25, 0.3) is 15.9 Å². The minimum atomic E-state index is -3.58. The van der Waals surface area contributed by atoms with Gasteiger partial charge in [-0.1, -0.05) is 6.92 Å². The summed E-state index contributed by atoms with van der Waals surface area (Å²) in [4.78, 5) is 16.4. The van der Waals surface area contributed by atoms with Crippen molar-refractivity contribution in [2.75, 3.05) is 18.9 Å². The third kappa shape index (κ3) is 2.73. The van der Waals surface area contributed by atoms with Gasteiger partial charge in [-0.15, -0.1) is 0 Å². The summed E-state index contributed by atoms with van der Waals surface area (Å²) in [6.07, 6.45) is 4.00. The van der Waals surface area contributed by atoms with E-state index >= 15 is 0 Å². The van der Waals surface area contributed by atoms with Crippen LogP contribution in [-0.2, 0) is 23.0 Å². The summed E-state index contributed by atoms with van der Waals surface area (Å²) in [7, 11) is -2.07. The number of likely N-dealkylation sites (N-methyl/N-ethyl adjacent to an activating group) is 1.